The summed E-state index contributed by atoms with van der Waals surface area (Å²) in [6, 6.07) is 2.70. The molecule has 2 N–H and O–H groups in total. The lowest BCUT2D eigenvalue weighted by molar-refractivity contribution is 0.474. The van der Waals surface area contributed by atoms with Gasteiger partial charge in [0.1, 0.15) is 0 Å². The van der Waals surface area contributed by atoms with Crippen molar-refractivity contribution in [1.82, 2.24) is 4.98 Å². The molecule has 0 spiro atoms. The molecule has 3 heteroatoms. The first kappa shape index (κ1) is 11.4. The highest BCUT2D eigenvalue weighted by Crippen LogP contribution is 2.32. The predicted molar refractivity (Wildman–Crippen MR) is 67.6 cm³/mol. The number of hydrogen-bond donors (Lipinski definition) is 1. The maximum Gasteiger partial charge on any atom is 0.0426 e. The van der Waals surface area contributed by atoms with Crippen molar-refractivity contribution in [2.45, 2.75) is 32.2 Å². The van der Waals surface area contributed by atoms with Crippen LogP contribution in [0.3, 0.4) is 0 Å². The fourth-order valence-electron chi connectivity index (χ4n) is 2.84. The molecule has 2 rings (SSSR count). The van der Waals surface area contributed by atoms with Gasteiger partial charge in [0.15, 0.2) is 0 Å². The Bertz CT molecular complexity index is 351. The molecule has 0 amide bonds. The smallest absolute Gasteiger partial charge is 0.0426 e. The molecule has 0 aliphatic heterocycles. The van der Waals surface area contributed by atoms with Crippen molar-refractivity contribution < 1.29 is 0 Å². The number of aromatic nitrogens is 1. The molecule has 1 aliphatic rings. The van der Waals surface area contributed by atoms with Gasteiger partial charge in [-0.25, -0.2) is 0 Å². The Balaban J connectivity index is 2.18. The maximum atomic E-state index is 5.84. The molecule has 1 fully saturated rings. The number of nitrogens with two attached hydrogens (primary N) is 1. The first-order valence-corrected chi connectivity index (χ1v) is 6.07. The molecule has 0 radical (unpaired) electrons. The Hall–Kier alpha value is -1.09. The van der Waals surface area contributed by atoms with E-state index in [1.54, 1.807) is 0 Å². The molecule has 88 valence electrons. The number of aryl methyl sites for hydroxylation is 1. The average Bonchev–Trinajstić information content (AvgIpc) is 2.77. The highest BCUT2D eigenvalue weighted by atomic mass is 15.1. The van der Waals surface area contributed by atoms with Crippen molar-refractivity contribution in [2.24, 2.45) is 11.7 Å². The van der Waals surface area contributed by atoms with Gasteiger partial charge >= 0.3 is 0 Å². The van der Waals surface area contributed by atoms with Crippen LogP contribution in [0, 0.1) is 12.8 Å². The minimum absolute atomic E-state index is 0.603. The first-order valence-electron chi connectivity index (χ1n) is 6.07. The van der Waals surface area contributed by atoms with E-state index in [-0.39, 0.29) is 0 Å². The van der Waals surface area contributed by atoms with Gasteiger partial charge in [0.25, 0.3) is 0 Å². The van der Waals surface area contributed by atoms with Crippen LogP contribution in [0.25, 0.3) is 0 Å². The second kappa shape index (κ2) is 4.83. The van der Waals surface area contributed by atoms with Gasteiger partial charge in [-0.05, 0) is 43.9 Å². The van der Waals surface area contributed by atoms with Crippen molar-refractivity contribution in [2.75, 3.05) is 18.5 Å². The van der Waals surface area contributed by atoms with Gasteiger partial charge in [-0.15, -0.1) is 0 Å². The number of nitrogens with zero attached hydrogens (tertiary/aromatic N) is 2. The molecule has 1 aromatic heterocycles. The Morgan fingerprint density at radius 3 is 3.00 bits per heavy atom. The lowest BCUT2D eigenvalue weighted by Crippen LogP contribution is -2.38. The van der Waals surface area contributed by atoms with E-state index in [2.05, 4.69) is 29.9 Å². The zero-order valence-corrected chi connectivity index (χ0v) is 10.2. The Kier molecular flexibility index (Phi) is 3.44. The Labute approximate surface area is 97.7 Å². The molecular weight excluding hydrogens is 198 g/mol. The lowest BCUT2D eigenvalue weighted by Gasteiger charge is -2.32. The van der Waals surface area contributed by atoms with E-state index in [4.69, 9.17) is 5.73 Å². The van der Waals surface area contributed by atoms with Gasteiger partial charge in [0.05, 0.1) is 0 Å². The monoisotopic (exact) mass is 219 g/mol. The van der Waals surface area contributed by atoms with Crippen molar-refractivity contribution in [1.29, 1.82) is 0 Å². The SMILES string of the molecule is Cc1cnccc1N(C)C1CCCC1CN. The van der Waals surface area contributed by atoms with E-state index in [0.717, 1.165) is 6.54 Å². The van der Waals surface area contributed by atoms with Crippen LogP contribution in [0.5, 0.6) is 0 Å². The van der Waals surface area contributed by atoms with Gasteiger partial charge in [0, 0.05) is 31.2 Å². The lowest BCUT2D eigenvalue weighted by atomic mass is 10.0. The van der Waals surface area contributed by atoms with Crippen molar-refractivity contribution in [3.63, 3.8) is 0 Å². The van der Waals surface area contributed by atoms with E-state index in [9.17, 15) is 0 Å². The van der Waals surface area contributed by atoms with Crippen molar-refractivity contribution in [3.8, 4) is 0 Å². The first-order chi connectivity index (χ1) is 7.74. The molecule has 0 bridgehead atoms. The molecule has 1 heterocycles. The highest BCUT2D eigenvalue weighted by molar-refractivity contribution is 5.52. The summed E-state index contributed by atoms with van der Waals surface area (Å²) in [5, 5.41) is 0. The van der Waals surface area contributed by atoms with E-state index in [1.807, 2.05) is 12.4 Å². The molecule has 3 nitrogen and oxygen atoms in total. The van der Waals surface area contributed by atoms with Crippen LogP contribution in [-0.2, 0) is 0 Å². The van der Waals surface area contributed by atoms with E-state index < -0.39 is 0 Å². The molecule has 16 heavy (non-hydrogen) atoms. The van der Waals surface area contributed by atoms with Crippen LogP contribution in [-0.4, -0.2) is 24.6 Å². The maximum absolute atomic E-state index is 5.84. The van der Waals surface area contributed by atoms with Gasteiger partial charge in [-0.2, -0.15) is 0 Å². The quantitative estimate of drug-likeness (QED) is 0.845. The number of pyridine rings is 1. The van der Waals surface area contributed by atoms with Gasteiger partial charge in [-0.3, -0.25) is 4.98 Å². The molecule has 0 saturated heterocycles. The summed E-state index contributed by atoms with van der Waals surface area (Å²) < 4.78 is 0. The number of rotatable bonds is 3. The minimum atomic E-state index is 0.603. The second-order valence-electron chi connectivity index (χ2n) is 4.77. The fourth-order valence-corrected chi connectivity index (χ4v) is 2.84. The predicted octanol–water partition coefficient (Wildman–Crippen LogP) is 1.95. The normalized spacial score (nSPS) is 24.7. The molecular formula is C13H21N3. The average molecular weight is 219 g/mol. The van der Waals surface area contributed by atoms with E-state index >= 15 is 0 Å². The summed E-state index contributed by atoms with van der Waals surface area (Å²) in [6.45, 7) is 2.92. The summed E-state index contributed by atoms with van der Waals surface area (Å²) in [4.78, 5) is 6.53. The van der Waals surface area contributed by atoms with Crippen LogP contribution in [0.1, 0.15) is 24.8 Å². The van der Waals surface area contributed by atoms with Crippen LogP contribution in [0.15, 0.2) is 18.5 Å². The van der Waals surface area contributed by atoms with Crippen LogP contribution in [0.4, 0.5) is 5.69 Å². The number of hydrogen-bond acceptors (Lipinski definition) is 3. The third-order valence-corrected chi connectivity index (χ3v) is 3.79. The standard InChI is InChI=1S/C13H21N3/c1-10-9-15-7-6-12(10)16(2)13-5-3-4-11(13)8-14/h6-7,9,11,13H,3-5,8,14H2,1-2H3. The van der Waals surface area contributed by atoms with Crippen LogP contribution >= 0.6 is 0 Å². The molecule has 1 saturated carbocycles. The number of anilines is 1. The van der Waals surface area contributed by atoms with Crippen molar-refractivity contribution >= 4 is 5.69 Å². The summed E-state index contributed by atoms with van der Waals surface area (Å²) in [5.41, 5.74) is 8.37. The fraction of sp³-hybridized carbons (Fsp3) is 0.615. The third-order valence-electron chi connectivity index (χ3n) is 3.79. The Morgan fingerprint density at radius 2 is 2.31 bits per heavy atom. The molecule has 2 unspecified atom stereocenters. The van der Waals surface area contributed by atoms with Crippen LogP contribution < -0.4 is 10.6 Å². The van der Waals surface area contributed by atoms with Crippen LogP contribution in [0.2, 0.25) is 0 Å². The van der Waals surface area contributed by atoms with E-state index in [0.29, 0.717) is 12.0 Å². The largest absolute Gasteiger partial charge is 0.371 e. The summed E-state index contributed by atoms with van der Waals surface area (Å²) in [6.07, 6.45) is 7.64. The molecule has 1 aliphatic carbocycles. The molecule has 1 aromatic rings. The summed E-state index contributed by atoms with van der Waals surface area (Å²) >= 11 is 0. The van der Waals surface area contributed by atoms with Crippen molar-refractivity contribution in [3.05, 3.63) is 24.0 Å². The molecule has 0 aromatic carbocycles. The minimum Gasteiger partial charge on any atom is -0.371 e. The van der Waals surface area contributed by atoms with Gasteiger partial charge in [-0.1, -0.05) is 6.42 Å². The van der Waals surface area contributed by atoms with E-state index in [1.165, 1.54) is 30.5 Å². The molecule has 2 atom stereocenters. The summed E-state index contributed by atoms with van der Waals surface area (Å²) in [5.74, 6) is 0.651. The second-order valence-corrected chi connectivity index (χ2v) is 4.77. The Morgan fingerprint density at radius 1 is 1.50 bits per heavy atom. The zero-order valence-electron chi connectivity index (χ0n) is 10.2. The summed E-state index contributed by atoms with van der Waals surface area (Å²) in [7, 11) is 2.18. The van der Waals surface area contributed by atoms with Gasteiger partial charge in [0.2, 0.25) is 0 Å². The third kappa shape index (κ3) is 2.05. The topological polar surface area (TPSA) is 42.2 Å². The zero-order chi connectivity index (χ0) is 11.5. The van der Waals surface area contributed by atoms with Gasteiger partial charge < -0.3 is 10.6 Å². The highest BCUT2D eigenvalue weighted by Gasteiger charge is 2.29.